The highest BCUT2D eigenvalue weighted by molar-refractivity contribution is 5.92. The average Bonchev–Trinajstić information content (AvgIpc) is 2.95. The topological polar surface area (TPSA) is 66.1 Å². The second-order valence-corrected chi connectivity index (χ2v) is 7.46. The van der Waals surface area contributed by atoms with Gasteiger partial charge in [0.15, 0.2) is 0 Å². The minimum atomic E-state index is -0.0498. The summed E-state index contributed by atoms with van der Waals surface area (Å²) in [7, 11) is 0. The molecule has 120 valence electrons. The Morgan fingerprint density at radius 2 is 2.18 bits per heavy atom. The summed E-state index contributed by atoms with van der Waals surface area (Å²) in [6.07, 6.45) is 3.62. The molecule has 3 rings (SSSR count). The molecule has 1 atom stereocenters. The zero-order valence-corrected chi connectivity index (χ0v) is 13.7. The molecule has 1 amide bonds. The molecule has 1 aromatic heterocycles. The van der Waals surface area contributed by atoms with Gasteiger partial charge in [0.2, 0.25) is 0 Å². The Kier molecular flexibility index (Phi) is 3.83. The number of H-pyrrole nitrogens is 1. The molecule has 1 aromatic rings. The fraction of sp³-hybridized carbons (Fsp3) is 0.706. The van der Waals surface area contributed by atoms with Crippen molar-refractivity contribution in [2.75, 3.05) is 13.1 Å². The Hall–Kier alpha value is -1.65. The van der Waals surface area contributed by atoms with Crippen molar-refractivity contribution < 1.29 is 9.59 Å². The lowest BCUT2D eigenvalue weighted by Crippen LogP contribution is -2.29. The van der Waals surface area contributed by atoms with Gasteiger partial charge in [-0.2, -0.15) is 5.10 Å². The van der Waals surface area contributed by atoms with Gasteiger partial charge in [-0.25, -0.2) is 0 Å². The maximum Gasteiger partial charge on any atom is 0.274 e. The zero-order valence-electron chi connectivity index (χ0n) is 13.7. The van der Waals surface area contributed by atoms with Crippen LogP contribution < -0.4 is 0 Å². The van der Waals surface area contributed by atoms with Crippen molar-refractivity contribution in [1.82, 2.24) is 15.1 Å². The molecule has 2 aliphatic rings. The summed E-state index contributed by atoms with van der Waals surface area (Å²) in [5, 5.41) is 7.06. The largest absolute Gasteiger partial charge is 0.337 e. The Morgan fingerprint density at radius 3 is 2.77 bits per heavy atom. The van der Waals surface area contributed by atoms with Gasteiger partial charge in [0, 0.05) is 30.6 Å². The van der Waals surface area contributed by atoms with Gasteiger partial charge < -0.3 is 4.90 Å². The SMILES string of the molecule is CC(C)c1cc(C(=O)N2CC[C@H](CC(=O)C3(C)CC3)C2)n[nH]1. The summed E-state index contributed by atoms with van der Waals surface area (Å²) in [5.41, 5.74) is 1.42. The molecule has 0 unspecified atom stereocenters. The smallest absolute Gasteiger partial charge is 0.274 e. The van der Waals surface area contributed by atoms with E-state index in [2.05, 4.69) is 31.0 Å². The van der Waals surface area contributed by atoms with E-state index >= 15 is 0 Å². The number of nitrogens with one attached hydrogen (secondary N) is 1. The fourth-order valence-electron chi connectivity index (χ4n) is 3.06. The van der Waals surface area contributed by atoms with Crippen molar-refractivity contribution in [3.63, 3.8) is 0 Å². The normalized spacial score (nSPS) is 23.1. The van der Waals surface area contributed by atoms with Crippen LogP contribution in [0.25, 0.3) is 0 Å². The highest BCUT2D eigenvalue weighted by Crippen LogP contribution is 2.47. The molecule has 0 aromatic carbocycles. The van der Waals surface area contributed by atoms with Crippen LogP contribution in [-0.2, 0) is 4.79 Å². The van der Waals surface area contributed by atoms with Crippen LogP contribution in [0.15, 0.2) is 6.07 Å². The summed E-state index contributed by atoms with van der Waals surface area (Å²) in [6.45, 7) is 7.61. The molecule has 1 aliphatic heterocycles. The summed E-state index contributed by atoms with van der Waals surface area (Å²) in [6, 6.07) is 1.84. The number of amides is 1. The lowest BCUT2D eigenvalue weighted by Gasteiger charge is -2.16. The predicted molar refractivity (Wildman–Crippen MR) is 83.7 cm³/mol. The molecule has 0 radical (unpaired) electrons. The maximum atomic E-state index is 12.5. The van der Waals surface area contributed by atoms with Crippen LogP contribution in [0.1, 0.15) is 68.6 Å². The van der Waals surface area contributed by atoms with E-state index in [-0.39, 0.29) is 11.3 Å². The number of rotatable bonds is 5. The third-order valence-electron chi connectivity index (χ3n) is 5.16. The molecule has 22 heavy (non-hydrogen) atoms. The maximum absolute atomic E-state index is 12.5. The van der Waals surface area contributed by atoms with Crippen LogP contribution in [0.5, 0.6) is 0 Å². The first-order chi connectivity index (χ1) is 10.4. The number of aromatic amines is 1. The number of nitrogens with zero attached hydrogens (tertiary/aromatic N) is 2. The number of aromatic nitrogens is 2. The molecule has 1 aliphatic carbocycles. The zero-order chi connectivity index (χ0) is 15.9. The second kappa shape index (κ2) is 5.52. The van der Waals surface area contributed by atoms with E-state index in [1.54, 1.807) is 0 Å². The Labute approximate surface area is 131 Å². The molecular weight excluding hydrogens is 278 g/mol. The summed E-state index contributed by atoms with van der Waals surface area (Å²) in [4.78, 5) is 26.5. The van der Waals surface area contributed by atoms with E-state index in [1.807, 2.05) is 11.0 Å². The van der Waals surface area contributed by atoms with Gasteiger partial charge in [-0.3, -0.25) is 14.7 Å². The highest BCUT2D eigenvalue weighted by atomic mass is 16.2. The Morgan fingerprint density at radius 1 is 1.45 bits per heavy atom. The van der Waals surface area contributed by atoms with Gasteiger partial charge in [-0.1, -0.05) is 20.8 Å². The number of hydrogen-bond donors (Lipinski definition) is 1. The minimum absolute atomic E-state index is 0.0178. The monoisotopic (exact) mass is 303 g/mol. The quantitative estimate of drug-likeness (QED) is 0.909. The van der Waals surface area contributed by atoms with E-state index in [9.17, 15) is 9.59 Å². The van der Waals surface area contributed by atoms with Crippen LogP contribution in [0, 0.1) is 11.3 Å². The third-order valence-corrected chi connectivity index (χ3v) is 5.16. The van der Waals surface area contributed by atoms with Gasteiger partial charge in [-0.05, 0) is 37.2 Å². The standard InChI is InChI=1S/C17H25N3O2/c1-11(2)13-9-14(19-18-13)16(22)20-7-4-12(10-20)8-15(21)17(3)5-6-17/h9,11-12H,4-8,10H2,1-3H3,(H,18,19)/t12-/m1/s1. The van der Waals surface area contributed by atoms with Crippen LogP contribution in [0.2, 0.25) is 0 Å². The molecule has 5 heteroatoms. The van der Waals surface area contributed by atoms with Crippen LogP contribution in [-0.4, -0.2) is 39.9 Å². The summed E-state index contributed by atoms with van der Waals surface area (Å²) in [5.74, 6) is 1.01. The number of likely N-dealkylation sites (tertiary alicyclic amines) is 1. The van der Waals surface area contributed by atoms with Gasteiger partial charge >= 0.3 is 0 Å². The van der Waals surface area contributed by atoms with Crippen LogP contribution in [0.4, 0.5) is 0 Å². The number of hydrogen-bond acceptors (Lipinski definition) is 3. The molecular formula is C17H25N3O2. The van der Waals surface area contributed by atoms with E-state index in [0.717, 1.165) is 31.5 Å². The molecule has 5 nitrogen and oxygen atoms in total. The van der Waals surface area contributed by atoms with E-state index in [1.165, 1.54) is 0 Å². The first-order valence-corrected chi connectivity index (χ1v) is 8.27. The number of Topliss-reactive ketones (excluding diaryl/α,β-unsaturated/α-hetero) is 1. The molecule has 0 spiro atoms. The lowest BCUT2D eigenvalue weighted by molar-refractivity contribution is -0.124. The first kappa shape index (κ1) is 15.3. The van der Waals surface area contributed by atoms with Crippen LogP contribution in [0.3, 0.4) is 0 Å². The van der Waals surface area contributed by atoms with Crippen molar-refractivity contribution in [3.05, 3.63) is 17.5 Å². The van der Waals surface area contributed by atoms with Gasteiger partial charge in [-0.15, -0.1) is 0 Å². The van der Waals surface area contributed by atoms with Crippen LogP contribution >= 0.6 is 0 Å². The van der Waals surface area contributed by atoms with Gasteiger partial charge in [0.05, 0.1) is 0 Å². The number of carbonyl (C=O) groups excluding carboxylic acids is 2. The van der Waals surface area contributed by atoms with Crippen molar-refractivity contribution >= 4 is 11.7 Å². The minimum Gasteiger partial charge on any atom is -0.337 e. The highest BCUT2D eigenvalue weighted by Gasteiger charge is 2.45. The van der Waals surface area contributed by atoms with Gasteiger partial charge in [0.25, 0.3) is 5.91 Å². The van der Waals surface area contributed by atoms with Gasteiger partial charge in [0.1, 0.15) is 11.5 Å². The predicted octanol–water partition coefficient (Wildman–Crippen LogP) is 2.75. The Balaban J connectivity index is 1.57. The van der Waals surface area contributed by atoms with Crippen molar-refractivity contribution in [2.24, 2.45) is 11.3 Å². The summed E-state index contributed by atoms with van der Waals surface area (Å²) < 4.78 is 0. The molecule has 2 fully saturated rings. The number of carbonyl (C=O) groups is 2. The molecule has 1 N–H and O–H groups in total. The third kappa shape index (κ3) is 2.94. The molecule has 0 bridgehead atoms. The van der Waals surface area contributed by atoms with E-state index in [4.69, 9.17) is 0 Å². The molecule has 1 saturated heterocycles. The number of ketones is 1. The van der Waals surface area contributed by atoms with Crippen molar-refractivity contribution in [1.29, 1.82) is 0 Å². The van der Waals surface area contributed by atoms with Crippen molar-refractivity contribution in [2.45, 2.75) is 52.4 Å². The Bertz CT molecular complexity index is 586. The van der Waals surface area contributed by atoms with E-state index in [0.29, 0.717) is 36.3 Å². The fourth-order valence-corrected chi connectivity index (χ4v) is 3.06. The average molecular weight is 303 g/mol. The van der Waals surface area contributed by atoms with Crippen molar-refractivity contribution in [3.8, 4) is 0 Å². The molecule has 1 saturated carbocycles. The summed E-state index contributed by atoms with van der Waals surface area (Å²) >= 11 is 0. The van der Waals surface area contributed by atoms with E-state index < -0.39 is 0 Å². The second-order valence-electron chi connectivity index (χ2n) is 7.46. The molecule has 2 heterocycles. The lowest BCUT2D eigenvalue weighted by atomic mass is 9.93. The first-order valence-electron chi connectivity index (χ1n) is 8.27.